The lowest BCUT2D eigenvalue weighted by Crippen LogP contribution is -2.33. The molecule has 6 heteroatoms. The Balaban J connectivity index is 2.25. The molecule has 0 radical (unpaired) electrons. The molecule has 5 nitrogen and oxygen atoms in total. The van der Waals surface area contributed by atoms with E-state index in [1.807, 2.05) is 37.4 Å². The Morgan fingerprint density at radius 2 is 1.81 bits per heavy atom. The Kier molecular flexibility index (Phi) is 8.00. The Morgan fingerprint density at radius 3 is 2.48 bits per heavy atom. The van der Waals surface area contributed by atoms with Gasteiger partial charge in [-0.3, -0.25) is 4.79 Å². The Labute approximate surface area is 127 Å². The first-order valence-electron chi connectivity index (χ1n) is 7.19. The topological polar surface area (TPSA) is 75.3 Å². The third-order valence-electron chi connectivity index (χ3n) is 3.04. The second-order valence-corrected chi connectivity index (χ2v) is 7.17. The number of carbonyl (C=O) groups is 1. The number of hydrogen-bond donors (Lipinski definition) is 2. The average Bonchev–Trinajstić information content (AvgIpc) is 2.44. The molecule has 0 aromatic heterocycles. The van der Waals surface area contributed by atoms with Crippen LogP contribution in [0.4, 0.5) is 0 Å². The van der Waals surface area contributed by atoms with Gasteiger partial charge in [0, 0.05) is 6.54 Å². The molecule has 0 saturated carbocycles. The molecule has 1 rings (SSSR count). The van der Waals surface area contributed by atoms with Crippen molar-refractivity contribution < 1.29 is 13.2 Å². The van der Waals surface area contributed by atoms with Gasteiger partial charge in [-0.1, -0.05) is 30.3 Å². The molecule has 0 spiro atoms. The zero-order valence-electron chi connectivity index (χ0n) is 12.5. The monoisotopic (exact) mass is 312 g/mol. The number of amides is 1. The molecule has 118 valence electrons. The van der Waals surface area contributed by atoms with Gasteiger partial charge in [0.05, 0.1) is 5.75 Å². The van der Waals surface area contributed by atoms with Crippen LogP contribution in [-0.4, -0.2) is 46.0 Å². The Bertz CT molecular complexity index is 515. The molecular formula is C15H24N2O3S. The third kappa shape index (κ3) is 8.47. The summed E-state index contributed by atoms with van der Waals surface area (Å²) in [6, 6.07) is 9.74. The number of rotatable bonds is 10. The largest absolute Gasteiger partial charge is 0.355 e. The molecule has 0 saturated heterocycles. The molecule has 1 aromatic carbocycles. The summed E-state index contributed by atoms with van der Waals surface area (Å²) in [4.78, 5) is 11.5. The summed E-state index contributed by atoms with van der Waals surface area (Å²) in [5, 5.41) is 5.59. The summed E-state index contributed by atoms with van der Waals surface area (Å²) in [7, 11) is -1.49. The van der Waals surface area contributed by atoms with Gasteiger partial charge in [0.25, 0.3) is 0 Å². The van der Waals surface area contributed by atoms with Crippen molar-refractivity contribution in [2.45, 2.75) is 19.3 Å². The van der Waals surface area contributed by atoms with Gasteiger partial charge in [-0.2, -0.15) is 0 Å². The normalized spacial score (nSPS) is 11.3. The van der Waals surface area contributed by atoms with E-state index in [1.165, 1.54) is 0 Å². The van der Waals surface area contributed by atoms with Crippen LogP contribution in [0.15, 0.2) is 30.3 Å². The molecule has 0 aliphatic carbocycles. The van der Waals surface area contributed by atoms with Gasteiger partial charge in [0.1, 0.15) is 5.75 Å². The maximum Gasteiger partial charge on any atom is 0.235 e. The first-order valence-corrected chi connectivity index (χ1v) is 9.01. The highest BCUT2D eigenvalue weighted by Crippen LogP contribution is 2.04. The van der Waals surface area contributed by atoms with Crippen LogP contribution >= 0.6 is 0 Å². The van der Waals surface area contributed by atoms with Gasteiger partial charge in [-0.05, 0) is 38.4 Å². The van der Waals surface area contributed by atoms with Crippen LogP contribution < -0.4 is 10.6 Å². The van der Waals surface area contributed by atoms with Crippen LogP contribution in [0.3, 0.4) is 0 Å². The highest BCUT2D eigenvalue weighted by molar-refractivity contribution is 7.92. The van der Waals surface area contributed by atoms with E-state index in [4.69, 9.17) is 0 Å². The van der Waals surface area contributed by atoms with E-state index >= 15 is 0 Å². The highest BCUT2D eigenvalue weighted by Gasteiger charge is 2.15. The predicted octanol–water partition coefficient (Wildman–Crippen LogP) is 0.760. The molecule has 21 heavy (non-hydrogen) atoms. The number of nitrogens with one attached hydrogen (secondary N) is 2. The summed E-state index contributed by atoms with van der Waals surface area (Å²) in [5.74, 6) is -0.779. The van der Waals surface area contributed by atoms with Gasteiger partial charge in [0.15, 0.2) is 9.84 Å². The van der Waals surface area contributed by atoms with Crippen LogP contribution in [0.1, 0.15) is 18.4 Å². The van der Waals surface area contributed by atoms with Crippen molar-refractivity contribution in [3.8, 4) is 0 Å². The van der Waals surface area contributed by atoms with Crippen molar-refractivity contribution >= 4 is 15.7 Å². The van der Waals surface area contributed by atoms with E-state index in [2.05, 4.69) is 10.6 Å². The fraction of sp³-hybridized carbons (Fsp3) is 0.533. The second kappa shape index (κ2) is 9.52. The molecule has 0 bridgehead atoms. The highest BCUT2D eigenvalue weighted by atomic mass is 32.2. The minimum absolute atomic E-state index is 0.0475. The fourth-order valence-corrected chi connectivity index (χ4v) is 3.19. The molecule has 0 atom stereocenters. The standard InChI is InChI=1S/C15H24N2O3S/c1-16-10-6-11-17-15(18)13-21(19,20)12-5-9-14-7-3-2-4-8-14/h2-4,7-8,16H,5-6,9-13H2,1H3,(H,17,18). The van der Waals surface area contributed by atoms with Gasteiger partial charge >= 0.3 is 0 Å². The van der Waals surface area contributed by atoms with Crippen molar-refractivity contribution in [3.63, 3.8) is 0 Å². The fourth-order valence-electron chi connectivity index (χ4n) is 1.96. The minimum atomic E-state index is -3.32. The number of hydrogen-bond acceptors (Lipinski definition) is 4. The Hall–Kier alpha value is -1.40. The number of aryl methyl sites for hydroxylation is 1. The quantitative estimate of drug-likeness (QED) is 0.626. The van der Waals surface area contributed by atoms with Crippen molar-refractivity contribution in [1.29, 1.82) is 0 Å². The molecule has 0 heterocycles. The van der Waals surface area contributed by atoms with E-state index in [0.29, 0.717) is 19.4 Å². The van der Waals surface area contributed by atoms with Gasteiger partial charge in [-0.15, -0.1) is 0 Å². The maximum absolute atomic E-state index is 11.8. The molecule has 1 amide bonds. The van der Waals surface area contributed by atoms with E-state index < -0.39 is 21.5 Å². The van der Waals surface area contributed by atoms with E-state index in [1.54, 1.807) is 0 Å². The summed E-state index contributed by atoms with van der Waals surface area (Å²) >= 11 is 0. The molecule has 0 fully saturated rings. The van der Waals surface area contributed by atoms with Gasteiger partial charge in [0.2, 0.25) is 5.91 Å². The lowest BCUT2D eigenvalue weighted by molar-refractivity contribution is -0.118. The molecular weight excluding hydrogens is 288 g/mol. The Morgan fingerprint density at radius 1 is 1.10 bits per heavy atom. The molecule has 2 N–H and O–H groups in total. The smallest absolute Gasteiger partial charge is 0.235 e. The third-order valence-corrected chi connectivity index (χ3v) is 4.65. The predicted molar refractivity (Wildman–Crippen MR) is 85.0 cm³/mol. The van der Waals surface area contributed by atoms with E-state index in [-0.39, 0.29) is 5.75 Å². The van der Waals surface area contributed by atoms with Crippen molar-refractivity contribution in [3.05, 3.63) is 35.9 Å². The van der Waals surface area contributed by atoms with E-state index in [0.717, 1.165) is 18.5 Å². The van der Waals surface area contributed by atoms with Gasteiger partial charge in [-0.25, -0.2) is 8.42 Å². The van der Waals surface area contributed by atoms with Crippen LogP contribution in [-0.2, 0) is 21.1 Å². The summed E-state index contributed by atoms with van der Waals surface area (Å²) < 4.78 is 23.7. The van der Waals surface area contributed by atoms with Crippen molar-refractivity contribution in [1.82, 2.24) is 10.6 Å². The van der Waals surface area contributed by atoms with E-state index in [9.17, 15) is 13.2 Å². The van der Waals surface area contributed by atoms with Crippen molar-refractivity contribution in [2.24, 2.45) is 0 Å². The van der Waals surface area contributed by atoms with Crippen LogP contribution in [0, 0.1) is 0 Å². The number of sulfone groups is 1. The summed E-state index contributed by atoms with van der Waals surface area (Å²) in [6.45, 7) is 1.29. The lowest BCUT2D eigenvalue weighted by Gasteiger charge is -2.06. The van der Waals surface area contributed by atoms with Crippen LogP contribution in [0.25, 0.3) is 0 Å². The zero-order chi connectivity index (χ0) is 15.6. The first-order chi connectivity index (χ1) is 10.0. The number of carbonyl (C=O) groups excluding carboxylic acids is 1. The average molecular weight is 312 g/mol. The molecule has 1 aromatic rings. The zero-order valence-corrected chi connectivity index (χ0v) is 13.3. The number of benzene rings is 1. The molecule has 0 aliphatic rings. The second-order valence-electron chi connectivity index (χ2n) is 4.99. The van der Waals surface area contributed by atoms with Gasteiger partial charge < -0.3 is 10.6 Å². The SMILES string of the molecule is CNCCCNC(=O)CS(=O)(=O)CCCc1ccccc1. The summed E-state index contributed by atoms with van der Waals surface area (Å²) in [5.41, 5.74) is 1.12. The lowest BCUT2D eigenvalue weighted by atomic mass is 10.1. The first kappa shape index (κ1) is 17.7. The maximum atomic E-state index is 11.8. The van der Waals surface area contributed by atoms with Crippen molar-refractivity contribution in [2.75, 3.05) is 31.6 Å². The van der Waals surface area contributed by atoms with Crippen LogP contribution in [0.5, 0.6) is 0 Å². The summed E-state index contributed by atoms with van der Waals surface area (Å²) in [6.07, 6.45) is 2.04. The minimum Gasteiger partial charge on any atom is -0.355 e. The molecule has 0 aliphatic heterocycles. The molecule has 0 unspecified atom stereocenters. The van der Waals surface area contributed by atoms with Crippen LogP contribution in [0.2, 0.25) is 0 Å².